The number of halogens is 2. The van der Waals surface area contributed by atoms with Gasteiger partial charge in [0.1, 0.15) is 6.54 Å². The Bertz CT molecular complexity index is 574. The summed E-state index contributed by atoms with van der Waals surface area (Å²) in [6.45, 7) is -0.350. The van der Waals surface area contributed by atoms with Crippen molar-refractivity contribution >= 4 is 40.9 Å². The molecule has 1 aromatic rings. The second-order valence-corrected chi connectivity index (χ2v) is 5.01. The Morgan fingerprint density at radius 2 is 2.00 bits per heavy atom. The lowest BCUT2D eigenvalue weighted by atomic mass is 10.1. The molecule has 0 N–H and O–H groups in total. The molecule has 5 nitrogen and oxygen atoms in total. The van der Waals surface area contributed by atoms with Gasteiger partial charge in [0.15, 0.2) is 5.78 Å². The van der Waals surface area contributed by atoms with Crippen LogP contribution in [0.25, 0.3) is 0 Å². The van der Waals surface area contributed by atoms with Gasteiger partial charge in [-0.05, 0) is 18.2 Å². The van der Waals surface area contributed by atoms with E-state index in [-0.39, 0.29) is 23.7 Å². The molecule has 1 fully saturated rings. The van der Waals surface area contributed by atoms with Crippen LogP contribution in [0.2, 0.25) is 10.0 Å². The summed E-state index contributed by atoms with van der Waals surface area (Å²) < 4.78 is 0. The van der Waals surface area contributed by atoms with E-state index in [0.29, 0.717) is 5.02 Å². The van der Waals surface area contributed by atoms with Gasteiger partial charge in [0.05, 0.1) is 11.6 Å². The number of Topliss-reactive ketones (excluding diaryl/α,β-unsaturated/α-hetero) is 1. The Morgan fingerprint density at radius 1 is 1.32 bits per heavy atom. The molecule has 1 heterocycles. The number of hydrogen-bond acceptors (Lipinski definition) is 3. The first kappa shape index (κ1) is 13.8. The number of carbonyl (C=O) groups excluding carboxylic acids is 3. The minimum atomic E-state index is -0.489. The van der Waals surface area contributed by atoms with Gasteiger partial charge >= 0.3 is 6.03 Å². The maximum absolute atomic E-state index is 12.1. The summed E-state index contributed by atoms with van der Waals surface area (Å²) in [6, 6.07) is 3.98. The summed E-state index contributed by atoms with van der Waals surface area (Å²) in [6.07, 6.45) is 0. The average molecular weight is 301 g/mol. The molecule has 1 aliphatic rings. The fraction of sp³-hybridized carbons (Fsp3) is 0.250. The number of carbonyl (C=O) groups is 3. The van der Waals surface area contributed by atoms with Gasteiger partial charge in [-0.15, -0.1) is 0 Å². The Morgan fingerprint density at radius 3 is 2.58 bits per heavy atom. The lowest BCUT2D eigenvalue weighted by Gasteiger charge is -2.13. The molecule has 1 aliphatic heterocycles. The number of ketones is 1. The van der Waals surface area contributed by atoms with E-state index in [1.165, 1.54) is 24.1 Å². The quantitative estimate of drug-likeness (QED) is 0.634. The van der Waals surface area contributed by atoms with Gasteiger partial charge < -0.3 is 4.90 Å². The number of rotatable bonds is 3. The van der Waals surface area contributed by atoms with Gasteiger partial charge in [-0.25, -0.2) is 4.79 Å². The van der Waals surface area contributed by atoms with Crippen LogP contribution < -0.4 is 0 Å². The van der Waals surface area contributed by atoms with Crippen LogP contribution in [0, 0.1) is 0 Å². The smallest absolute Gasteiger partial charge is 0.318 e. The molecular weight excluding hydrogens is 291 g/mol. The molecule has 2 rings (SSSR count). The third-order valence-corrected chi connectivity index (χ3v) is 3.33. The number of amides is 3. The molecule has 1 aromatic carbocycles. The lowest BCUT2D eigenvalue weighted by Crippen LogP contribution is -2.36. The van der Waals surface area contributed by atoms with Gasteiger partial charge in [-0.2, -0.15) is 0 Å². The fourth-order valence-electron chi connectivity index (χ4n) is 1.76. The van der Waals surface area contributed by atoms with Crippen LogP contribution in [0.5, 0.6) is 0 Å². The molecule has 0 atom stereocenters. The molecule has 0 unspecified atom stereocenters. The minimum Gasteiger partial charge on any atom is -0.318 e. The van der Waals surface area contributed by atoms with Crippen LogP contribution in [0.15, 0.2) is 18.2 Å². The van der Waals surface area contributed by atoms with Crippen molar-refractivity contribution in [3.05, 3.63) is 33.8 Å². The topological polar surface area (TPSA) is 57.7 Å². The predicted octanol–water partition coefficient (Wildman–Crippen LogP) is 2.07. The monoisotopic (exact) mass is 300 g/mol. The molecule has 100 valence electrons. The second-order valence-electron chi connectivity index (χ2n) is 4.17. The van der Waals surface area contributed by atoms with E-state index >= 15 is 0 Å². The average Bonchev–Trinajstić information content (AvgIpc) is 2.59. The highest BCUT2D eigenvalue weighted by atomic mass is 35.5. The van der Waals surface area contributed by atoms with Crippen molar-refractivity contribution in [1.29, 1.82) is 0 Å². The summed E-state index contributed by atoms with van der Waals surface area (Å²) in [5.41, 5.74) is 0.198. The van der Waals surface area contributed by atoms with Crippen LogP contribution in [0.4, 0.5) is 4.79 Å². The summed E-state index contributed by atoms with van der Waals surface area (Å²) in [7, 11) is 1.50. The third-order valence-electron chi connectivity index (χ3n) is 2.76. The molecular formula is C12H10Cl2N2O3. The molecule has 19 heavy (non-hydrogen) atoms. The summed E-state index contributed by atoms with van der Waals surface area (Å²) in [4.78, 5) is 37.4. The van der Waals surface area contributed by atoms with E-state index in [1.807, 2.05) is 0 Å². The van der Waals surface area contributed by atoms with Crippen LogP contribution in [-0.2, 0) is 4.79 Å². The molecule has 0 aliphatic carbocycles. The number of hydrogen-bond donors (Lipinski definition) is 0. The molecule has 3 amide bonds. The zero-order valence-corrected chi connectivity index (χ0v) is 11.5. The highest BCUT2D eigenvalue weighted by Gasteiger charge is 2.35. The molecule has 7 heteroatoms. The minimum absolute atomic E-state index is 0.0185. The molecule has 1 saturated heterocycles. The van der Waals surface area contributed by atoms with E-state index in [4.69, 9.17) is 23.2 Å². The van der Waals surface area contributed by atoms with Crippen LogP contribution >= 0.6 is 23.2 Å². The van der Waals surface area contributed by atoms with Gasteiger partial charge in [-0.3, -0.25) is 14.5 Å². The van der Waals surface area contributed by atoms with E-state index < -0.39 is 17.7 Å². The fourth-order valence-corrected chi connectivity index (χ4v) is 2.16. The maximum atomic E-state index is 12.1. The zero-order valence-electron chi connectivity index (χ0n) is 10.0. The van der Waals surface area contributed by atoms with Gasteiger partial charge in [0, 0.05) is 17.6 Å². The third kappa shape index (κ3) is 2.72. The normalized spacial score (nSPS) is 15.3. The Labute approximate surface area is 119 Å². The van der Waals surface area contributed by atoms with E-state index in [9.17, 15) is 14.4 Å². The highest BCUT2D eigenvalue weighted by molar-refractivity contribution is 6.36. The Balaban J connectivity index is 2.20. The van der Waals surface area contributed by atoms with Crippen LogP contribution in [-0.4, -0.2) is 47.7 Å². The van der Waals surface area contributed by atoms with Crippen molar-refractivity contribution < 1.29 is 14.4 Å². The molecule has 0 spiro atoms. The van der Waals surface area contributed by atoms with Crippen molar-refractivity contribution in [3.63, 3.8) is 0 Å². The maximum Gasteiger partial charge on any atom is 0.327 e. The summed E-state index contributed by atoms with van der Waals surface area (Å²) in [5, 5.41) is 0.603. The number of imide groups is 1. The lowest BCUT2D eigenvalue weighted by molar-refractivity contribution is -0.125. The van der Waals surface area contributed by atoms with Gasteiger partial charge in [-0.1, -0.05) is 23.2 Å². The molecule has 0 bridgehead atoms. The van der Waals surface area contributed by atoms with Gasteiger partial charge in [0.2, 0.25) is 0 Å². The van der Waals surface area contributed by atoms with E-state index in [0.717, 1.165) is 4.90 Å². The van der Waals surface area contributed by atoms with E-state index in [2.05, 4.69) is 0 Å². The number of urea groups is 1. The molecule has 0 aromatic heterocycles. The largest absolute Gasteiger partial charge is 0.327 e. The summed E-state index contributed by atoms with van der Waals surface area (Å²) in [5.74, 6) is -0.830. The number of nitrogens with zero attached hydrogens (tertiary/aromatic N) is 2. The first-order valence-electron chi connectivity index (χ1n) is 5.44. The zero-order chi connectivity index (χ0) is 14.2. The first-order chi connectivity index (χ1) is 8.90. The Kier molecular flexibility index (Phi) is 3.78. The van der Waals surface area contributed by atoms with Crippen molar-refractivity contribution in [2.45, 2.75) is 0 Å². The summed E-state index contributed by atoms with van der Waals surface area (Å²) >= 11 is 11.7. The molecule has 0 saturated carbocycles. The number of benzene rings is 1. The van der Waals surface area contributed by atoms with Crippen LogP contribution in [0.1, 0.15) is 10.4 Å². The van der Waals surface area contributed by atoms with Crippen molar-refractivity contribution in [2.75, 3.05) is 20.1 Å². The van der Waals surface area contributed by atoms with E-state index in [1.54, 1.807) is 6.07 Å². The van der Waals surface area contributed by atoms with Crippen LogP contribution in [0.3, 0.4) is 0 Å². The standard InChI is InChI=1S/C12H10Cl2N2O3/c1-15-6-11(18)16(12(15)19)5-10(17)8-4-7(13)2-3-9(8)14/h2-4H,5-6H2,1H3. The first-order valence-corrected chi connectivity index (χ1v) is 6.19. The SMILES string of the molecule is CN1CC(=O)N(CC(=O)c2cc(Cl)ccc2Cl)C1=O. The number of likely N-dealkylation sites (N-methyl/N-ethyl adjacent to an activating group) is 1. The van der Waals surface area contributed by atoms with Crippen molar-refractivity contribution in [3.8, 4) is 0 Å². The van der Waals surface area contributed by atoms with Crippen molar-refractivity contribution in [1.82, 2.24) is 9.80 Å². The second kappa shape index (κ2) is 5.19. The Hall–Kier alpha value is -1.59. The molecule has 0 radical (unpaired) electrons. The highest BCUT2D eigenvalue weighted by Crippen LogP contribution is 2.22. The van der Waals surface area contributed by atoms with Crippen molar-refractivity contribution in [2.24, 2.45) is 0 Å². The predicted molar refractivity (Wildman–Crippen MR) is 70.5 cm³/mol. The van der Waals surface area contributed by atoms with Gasteiger partial charge in [0.25, 0.3) is 5.91 Å².